The van der Waals surface area contributed by atoms with Crippen LogP contribution in [-0.4, -0.2) is 27.2 Å². The van der Waals surface area contributed by atoms with E-state index in [0.29, 0.717) is 17.3 Å². The summed E-state index contributed by atoms with van der Waals surface area (Å²) in [6.45, 7) is 3.26. The van der Waals surface area contributed by atoms with E-state index in [0.717, 1.165) is 5.69 Å². The molecular formula is C15H16N4O3. The number of ether oxygens (including phenoxy) is 1. The Morgan fingerprint density at radius 2 is 2.14 bits per heavy atom. The van der Waals surface area contributed by atoms with E-state index in [9.17, 15) is 9.59 Å². The average molecular weight is 300 g/mol. The number of nitrogens with one attached hydrogen (secondary N) is 2. The fourth-order valence-electron chi connectivity index (χ4n) is 2.28. The summed E-state index contributed by atoms with van der Waals surface area (Å²) in [5.41, 5.74) is -0.330. The van der Waals surface area contributed by atoms with Crippen LogP contribution in [0.4, 0.5) is 11.5 Å². The molecule has 22 heavy (non-hydrogen) atoms. The van der Waals surface area contributed by atoms with Crippen LogP contribution in [0.25, 0.3) is 0 Å². The molecule has 1 aromatic heterocycles. The minimum atomic E-state index is -1.65. The maximum Gasteiger partial charge on any atom is 0.279 e. The second-order valence-electron chi connectivity index (χ2n) is 5.33. The van der Waals surface area contributed by atoms with E-state index >= 15 is 0 Å². The number of carbonyl (C=O) groups excluding carboxylic acids is 2. The van der Waals surface area contributed by atoms with Crippen molar-refractivity contribution in [1.29, 1.82) is 0 Å². The number of rotatable bonds is 2. The van der Waals surface area contributed by atoms with Crippen LogP contribution in [0, 0.1) is 6.92 Å². The molecule has 2 amide bonds. The van der Waals surface area contributed by atoms with Crippen LogP contribution in [0.3, 0.4) is 0 Å². The van der Waals surface area contributed by atoms with Crippen molar-refractivity contribution >= 4 is 23.3 Å². The molecular weight excluding hydrogens is 284 g/mol. The zero-order valence-electron chi connectivity index (χ0n) is 12.5. The monoisotopic (exact) mass is 300 g/mol. The van der Waals surface area contributed by atoms with Crippen LogP contribution < -0.4 is 15.4 Å². The van der Waals surface area contributed by atoms with Gasteiger partial charge < -0.3 is 15.4 Å². The summed E-state index contributed by atoms with van der Waals surface area (Å²) in [4.78, 5) is 24.8. The molecule has 2 N–H and O–H groups in total. The number of fused-ring (bicyclic) bond motifs is 1. The molecule has 1 atom stereocenters. The molecule has 1 aromatic carbocycles. The number of anilines is 2. The van der Waals surface area contributed by atoms with Gasteiger partial charge in [0.1, 0.15) is 11.6 Å². The van der Waals surface area contributed by atoms with Gasteiger partial charge in [-0.25, -0.2) is 0 Å². The summed E-state index contributed by atoms with van der Waals surface area (Å²) in [5.74, 6) is -0.106. The summed E-state index contributed by atoms with van der Waals surface area (Å²) < 4.78 is 7.19. The zero-order chi connectivity index (χ0) is 15.9. The van der Waals surface area contributed by atoms with Crippen molar-refractivity contribution in [2.45, 2.75) is 19.4 Å². The Morgan fingerprint density at radius 3 is 2.82 bits per heavy atom. The third kappa shape index (κ3) is 2.20. The normalized spacial score (nSPS) is 19.9. The highest BCUT2D eigenvalue weighted by molar-refractivity contribution is 6.18. The van der Waals surface area contributed by atoms with Crippen molar-refractivity contribution in [3.63, 3.8) is 0 Å². The van der Waals surface area contributed by atoms with Crippen LogP contribution >= 0.6 is 0 Å². The molecule has 7 heteroatoms. The molecule has 0 spiro atoms. The highest BCUT2D eigenvalue weighted by Crippen LogP contribution is 2.33. The van der Waals surface area contributed by atoms with Gasteiger partial charge in [-0.05, 0) is 26.0 Å². The van der Waals surface area contributed by atoms with E-state index < -0.39 is 17.4 Å². The highest BCUT2D eigenvalue weighted by Gasteiger charge is 2.47. The van der Waals surface area contributed by atoms with E-state index in [2.05, 4.69) is 15.7 Å². The SMILES string of the molecule is Cc1cc(NC(=O)C2(C)Oc3ccccc3NC2=O)n(C)n1. The lowest BCUT2D eigenvalue weighted by molar-refractivity contribution is -0.143. The smallest absolute Gasteiger partial charge is 0.279 e. The maximum atomic E-state index is 12.5. The molecule has 2 heterocycles. The molecule has 7 nitrogen and oxygen atoms in total. The molecule has 3 rings (SSSR count). The van der Waals surface area contributed by atoms with E-state index in [4.69, 9.17) is 4.74 Å². The molecule has 114 valence electrons. The Labute approximate surface area is 127 Å². The molecule has 0 radical (unpaired) electrons. The van der Waals surface area contributed by atoms with Gasteiger partial charge in [0.05, 0.1) is 11.4 Å². The summed E-state index contributed by atoms with van der Waals surface area (Å²) >= 11 is 0. The topological polar surface area (TPSA) is 85.3 Å². The third-order valence-corrected chi connectivity index (χ3v) is 3.56. The van der Waals surface area contributed by atoms with Gasteiger partial charge >= 0.3 is 0 Å². The first kappa shape index (κ1) is 14.1. The Hall–Kier alpha value is -2.83. The van der Waals surface area contributed by atoms with Crippen LogP contribution in [-0.2, 0) is 16.6 Å². The summed E-state index contributed by atoms with van der Waals surface area (Å²) in [6, 6.07) is 8.70. The van der Waals surface area contributed by atoms with Gasteiger partial charge in [0.2, 0.25) is 0 Å². The van der Waals surface area contributed by atoms with Crippen molar-refractivity contribution in [3.8, 4) is 5.75 Å². The number of nitrogens with zero attached hydrogens (tertiary/aromatic N) is 2. The van der Waals surface area contributed by atoms with Gasteiger partial charge in [0.15, 0.2) is 0 Å². The molecule has 0 saturated heterocycles. The molecule has 0 saturated carbocycles. The van der Waals surface area contributed by atoms with Gasteiger partial charge in [-0.1, -0.05) is 12.1 Å². The zero-order valence-corrected chi connectivity index (χ0v) is 12.5. The van der Waals surface area contributed by atoms with Gasteiger partial charge in [-0.2, -0.15) is 5.10 Å². The number of hydrogen-bond donors (Lipinski definition) is 2. The molecule has 0 fully saturated rings. The summed E-state index contributed by atoms with van der Waals surface area (Å²) in [6.07, 6.45) is 0. The third-order valence-electron chi connectivity index (χ3n) is 3.56. The second kappa shape index (κ2) is 4.87. The van der Waals surface area contributed by atoms with E-state index in [1.807, 2.05) is 6.92 Å². The predicted molar refractivity (Wildman–Crippen MR) is 80.7 cm³/mol. The number of benzene rings is 1. The van der Waals surface area contributed by atoms with E-state index in [1.165, 1.54) is 11.6 Å². The second-order valence-corrected chi connectivity index (χ2v) is 5.33. The Morgan fingerprint density at radius 1 is 1.41 bits per heavy atom. The summed E-state index contributed by atoms with van der Waals surface area (Å²) in [5, 5.41) is 9.52. The quantitative estimate of drug-likeness (QED) is 0.822. The van der Waals surface area contributed by atoms with Gasteiger partial charge in [-0.15, -0.1) is 0 Å². The molecule has 0 aliphatic carbocycles. The Kier molecular flexibility index (Phi) is 3.13. The average Bonchev–Trinajstić information content (AvgIpc) is 2.78. The molecule has 1 unspecified atom stereocenters. The lowest BCUT2D eigenvalue weighted by atomic mass is 10.0. The van der Waals surface area contributed by atoms with Crippen molar-refractivity contribution in [3.05, 3.63) is 36.0 Å². The number of hydrogen-bond acceptors (Lipinski definition) is 4. The Balaban J connectivity index is 1.88. The minimum Gasteiger partial charge on any atom is -0.466 e. The minimum absolute atomic E-state index is 0.459. The van der Waals surface area contributed by atoms with Crippen molar-refractivity contribution < 1.29 is 14.3 Å². The van der Waals surface area contributed by atoms with Crippen LogP contribution in [0.2, 0.25) is 0 Å². The molecule has 2 aromatic rings. The van der Waals surface area contributed by atoms with Gasteiger partial charge in [0.25, 0.3) is 17.4 Å². The Bertz CT molecular complexity index is 768. The lowest BCUT2D eigenvalue weighted by Gasteiger charge is -2.33. The predicted octanol–water partition coefficient (Wildman–Crippen LogP) is 1.46. The first-order chi connectivity index (χ1) is 10.4. The number of aromatic nitrogens is 2. The lowest BCUT2D eigenvalue weighted by Crippen LogP contribution is -2.56. The fourth-order valence-corrected chi connectivity index (χ4v) is 2.28. The standard InChI is InChI=1S/C15H16N4O3/c1-9-8-12(19(3)18-9)17-14(21)15(2)13(20)16-10-6-4-5-7-11(10)22-15/h4-8H,1-3H3,(H,16,20)(H,17,21). The number of para-hydroxylation sites is 2. The van der Waals surface area contributed by atoms with Crippen LogP contribution in [0.5, 0.6) is 5.75 Å². The van der Waals surface area contributed by atoms with Gasteiger partial charge in [-0.3, -0.25) is 14.3 Å². The van der Waals surface area contributed by atoms with Crippen LogP contribution in [0.1, 0.15) is 12.6 Å². The molecule has 0 bridgehead atoms. The maximum absolute atomic E-state index is 12.5. The first-order valence-corrected chi connectivity index (χ1v) is 6.82. The highest BCUT2D eigenvalue weighted by atomic mass is 16.5. The van der Waals surface area contributed by atoms with E-state index in [1.54, 1.807) is 37.4 Å². The number of carbonyl (C=O) groups is 2. The largest absolute Gasteiger partial charge is 0.466 e. The fraction of sp³-hybridized carbons (Fsp3) is 0.267. The first-order valence-electron chi connectivity index (χ1n) is 6.82. The van der Waals surface area contributed by atoms with Crippen molar-refractivity contribution in [2.75, 3.05) is 10.6 Å². The number of amides is 2. The molecule has 1 aliphatic heterocycles. The van der Waals surface area contributed by atoms with Gasteiger partial charge in [0, 0.05) is 13.1 Å². The summed E-state index contributed by atoms with van der Waals surface area (Å²) in [7, 11) is 1.71. The van der Waals surface area contributed by atoms with Crippen molar-refractivity contribution in [2.24, 2.45) is 7.05 Å². The molecule has 1 aliphatic rings. The van der Waals surface area contributed by atoms with Crippen LogP contribution in [0.15, 0.2) is 30.3 Å². The number of aryl methyl sites for hydroxylation is 2. The van der Waals surface area contributed by atoms with Crippen molar-refractivity contribution in [1.82, 2.24) is 9.78 Å². The van der Waals surface area contributed by atoms with E-state index in [-0.39, 0.29) is 0 Å².